The minimum absolute atomic E-state index is 0.0414. The van der Waals surface area contributed by atoms with Crippen LogP contribution in [0.2, 0.25) is 0 Å². The Kier molecular flexibility index (Phi) is 5.69. The minimum atomic E-state index is -0.188. The topological polar surface area (TPSA) is 88.3 Å². The number of nitrogens with zero attached hydrogens (tertiary/aromatic N) is 3. The van der Waals surface area contributed by atoms with E-state index in [2.05, 4.69) is 15.5 Å². The molecule has 4 rings (SSSR count). The van der Waals surface area contributed by atoms with Crippen LogP contribution in [-0.4, -0.2) is 39.9 Å². The van der Waals surface area contributed by atoms with Gasteiger partial charge < -0.3 is 14.7 Å². The molecule has 2 heterocycles. The van der Waals surface area contributed by atoms with Gasteiger partial charge in [-0.05, 0) is 37.8 Å². The molecule has 2 atom stereocenters. The Bertz CT molecular complexity index is 814. The van der Waals surface area contributed by atoms with E-state index in [0.717, 1.165) is 57.3 Å². The van der Waals surface area contributed by atoms with Crippen molar-refractivity contribution in [2.75, 3.05) is 18.4 Å². The Balaban J connectivity index is 1.41. The van der Waals surface area contributed by atoms with E-state index in [9.17, 15) is 9.59 Å². The van der Waals surface area contributed by atoms with E-state index in [1.165, 1.54) is 0 Å². The Morgan fingerprint density at radius 2 is 1.82 bits per heavy atom. The van der Waals surface area contributed by atoms with E-state index >= 15 is 0 Å². The molecule has 1 aromatic heterocycles. The zero-order chi connectivity index (χ0) is 19.3. The Morgan fingerprint density at radius 3 is 2.61 bits per heavy atom. The molecule has 148 valence electrons. The van der Waals surface area contributed by atoms with Crippen molar-refractivity contribution in [3.63, 3.8) is 0 Å². The van der Waals surface area contributed by atoms with Gasteiger partial charge in [-0.25, -0.2) is 0 Å². The van der Waals surface area contributed by atoms with Gasteiger partial charge in [0.05, 0.1) is 12.3 Å². The van der Waals surface area contributed by atoms with Crippen molar-refractivity contribution in [1.82, 2.24) is 15.0 Å². The molecule has 1 aliphatic carbocycles. The van der Waals surface area contributed by atoms with Gasteiger partial charge in [-0.1, -0.05) is 36.2 Å². The first-order valence-electron chi connectivity index (χ1n) is 10.2. The lowest BCUT2D eigenvalue weighted by Crippen LogP contribution is -2.38. The lowest BCUT2D eigenvalue weighted by atomic mass is 9.78. The van der Waals surface area contributed by atoms with Crippen LogP contribution in [0.5, 0.6) is 0 Å². The first kappa shape index (κ1) is 18.7. The molecule has 2 aliphatic rings. The van der Waals surface area contributed by atoms with Crippen LogP contribution in [0.1, 0.15) is 56.2 Å². The molecule has 2 fully saturated rings. The molecule has 7 heteroatoms. The third-order valence-corrected chi connectivity index (χ3v) is 5.68. The second-order valence-electron chi connectivity index (χ2n) is 7.67. The van der Waals surface area contributed by atoms with Gasteiger partial charge in [0.25, 0.3) is 0 Å². The third kappa shape index (κ3) is 4.24. The summed E-state index contributed by atoms with van der Waals surface area (Å²) in [6.45, 7) is 1.72. The summed E-state index contributed by atoms with van der Waals surface area (Å²) >= 11 is 0. The zero-order valence-corrected chi connectivity index (χ0v) is 16.0. The van der Waals surface area contributed by atoms with Crippen molar-refractivity contribution in [3.05, 3.63) is 42.0 Å². The number of hydrogen-bond acceptors (Lipinski definition) is 5. The quantitative estimate of drug-likeness (QED) is 0.858. The van der Waals surface area contributed by atoms with E-state index in [4.69, 9.17) is 4.52 Å². The van der Waals surface area contributed by atoms with E-state index < -0.39 is 0 Å². The standard InChI is InChI=1S/C21H26N4O3/c26-19(22-15-8-2-1-3-9-15)14-18-23-20(28-24-18)16-10-4-5-11-17(16)21(27)25-12-6-7-13-25/h1-3,8-9,16-17H,4-7,10-14H2,(H,22,26). The number of carbonyl (C=O) groups excluding carboxylic acids is 2. The minimum Gasteiger partial charge on any atom is -0.342 e. The van der Waals surface area contributed by atoms with Crippen molar-refractivity contribution in [2.24, 2.45) is 5.92 Å². The summed E-state index contributed by atoms with van der Waals surface area (Å²) in [6.07, 6.45) is 6.08. The predicted octanol–water partition coefficient (Wildman–Crippen LogP) is 3.15. The highest BCUT2D eigenvalue weighted by Gasteiger charge is 2.38. The smallest absolute Gasteiger partial charge is 0.232 e. The van der Waals surface area contributed by atoms with Crippen LogP contribution in [0.3, 0.4) is 0 Å². The first-order valence-corrected chi connectivity index (χ1v) is 10.2. The van der Waals surface area contributed by atoms with Crippen molar-refractivity contribution in [2.45, 2.75) is 50.9 Å². The maximum atomic E-state index is 12.9. The van der Waals surface area contributed by atoms with Gasteiger partial charge in [-0.2, -0.15) is 4.98 Å². The number of rotatable bonds is 5. The molecular formula is C21H26N4O3. The van der Waals surface area contributed by atoms with Crippen LogP contribution in [0.4, 0.5) is 5.69 Å². The molecule has 2 amide bonds. The summed E-state index contributed by atoms with van der Waals surface area (Å²) in [4.78, 5) is 31.6. The summed E-state index contributed by atoms with van der Waals surface area (Å²) in [5.74, 6) is 0.773. The van der Waals surface area contributed by atoms with Crippen molar-refractivity contribution in [1.29, 1.82) is 0 Å². The lowest BCUT2D eigenvalue weighted by molar-refractivity contribution is -0.136. The largest absolute Gasteiger partial charge is 0.342 e. The number of anilines is 1. The molecule has 1 N–H and O–H groups in total. The number of likely N-dealkylation sites (tertiary alicyclic amines) is 1. The van der Waals surface area contributed by atoms with Gasteiger partial charge in [-0.3, -0.25) is 9.59 Å². The van der Waals surface area contributed by atoms with E-state index in [-0.39, 0.29) is 30.1 Å². The Hall–Kier alpha value is -2.70. The number of para-hydroxylation sites is 1. The molecule has 1 saturated carbocycles. The lowest BCUT2D eigenvalue weighted by Gasteiger charge is -2.31. The van der Waals surface area contributed by atoms with Crippen molar-refractivity contribution in [3.8, 4) is 0 Å². The molecule has 1 aliphatic heterocycles. The van der Waals surface area contributed by atoms with Crippen LogP contribution < -0.4 is 5.32 Å². The summed E-state index contributed by atoms with van der Waals surface area (Å²) < 4.78 is 5.49. The van der Waals surface area contributed by atoms with Crippen LogP contribution in [0, 0.1) is 5.92 Å². The van der Waals surface area contributed by atoms with Gasteiger partial charge >= 0.3 is 0 Å². The molecule has 2 unspecified atom stereocenters. The normalized spacial score (nSPS) is 22.2. The summed E-state index contributed by atoms with van der Waals surface area (Å²) in [6, 6.07) is 9.28. The van der Waals surface area contributed by atoms with Crippen molar-refractivity contribution >= 4 is 17.5 Å². The fraction of sp³-hybridized carbons (Fsp3) is 0.524. The zero-order valence-electron chi connectivity index (χ0n) is 16.0. The van der Waals surface area contributed by atoms with Gasteiger partial charge in [-0.15, -0.1) is 0 Å². The molecule has 1 aromatic carbocycles. The van der Waals surface area contributed by atoms with Gasteiger partial charge in [0.15, 0.2) is 5.82 Å². The third-order valence-electron chi connectivity index (χ3n) is 5.68. The number of nitrogens with one attached hydrogen (secondary N) is 1. The average molecular weight is 382 g/mol. The number of aromatic nitrogens is 2. The fourth-order valence-electron chi connectivity index (χ4n) is 4.25. The van der Waals surface area contributed by atoms with E-state index in [1.54, 1.807) is 0 Å². The molecule has 28 heavy (non-hydrogen) atoms. The number of benzene rings is 1. The van der Waals surface area contributed by atoms with Crippen LogP contribution >= 0.6 is 0 Å². The van der Waals surface area contributed by atoms with Crippen LogP contribution in [-0.2, 0) is 16.0 Å². The highest BCUT2D eigenvalue weighted by Crippen LogP contribution is 2.38. The second kappa shape index (κ2) is 8.54. The van der Waals surface area contributed by atoms with Gasteiger partial charge in [0, 0.05) is 24.7 Å². The SMILES string of the molecule is O=C(Cc1noc(C2CCCCC2C(=O)N2CCCC2)n1)Nc1ccccc1. The average Bonchev–Trinajstić information content (AvgIpc) is 3.40. The van der Waals surface area contributed by atoms with Crippen LogP contribution in [0.15, 0.2) is 34.9 Å². The first-order chi connectivity index (χ1) is 13.7. The molecule has 7 nitrogen and oxygen atoms in total. The summed E-state index contributed by atoms with van der Waals surface area (Å²) in [5.41, 5.74) is 0.736. The molecule has 0 radical (unpaired) electrons. The van der Waals surface area contributed by atoms with Crippen molar-refractivity contribution < 1.29 is 14.1 Å². The number of amides is 2. The monoisotopic (exact) mass is 382 g/mol. The van der Waals surface area contributed by atoms with E-state index in [0.29, 0.717) is 11.7 Å². The Morgan fingerprint density at radius 1 is 1.07 bits per heavy atom. The maximum Gasteiger partial charge on any atom is 0.232 e. The van der Waals surface area contributed by atoms with Gasteiger partial charge in [0.2, 0.25) is 17.7 Å². The molecule has 0 spiro atoms. The highest BCUT2D eigenvalue weighted by molar-refractivity contribution is 5.91. The fourth-order valence-corrected chi connectivity index (χ4v) is 4.25. The predicted molar refractivity (Wildman–Crippen MR) is 104 cm³/mol. The highest BCUT2D eigenvalue weighted by atomic mass is 16.5. The number of carbonyl (C=O) groups is 2. The molecule has 1 saturated heterocycles. The molecule has 0 bridgehead atoms. The Labute approximate surface area is 164 Å². The van der Waals surface area contributed by atoms with Gasteiger partial charge in [0.1, 0.15) is 0 Å². The van der Waals surface area contributed by atoms with Crippen LogP contribution in [0.25, 0.3) is 0 Å². The van der Waals surface area contributed by atoms with E-state index in [1.807, 2.05) is 35.2 Å². The molecule has 2 aromatic rings. The number of hydrogen-bond donors (Lipinski definition) is 1. The second-order valence-corrected chi connectivity index (χ2v) is 7.67. The summed E-state index contributed by atoms with van der Waals surface area (Å²) in [7, 11) is 0. The molecular weight excluding hydrogens is 356 g/mol. The maximum absolute atomic E-state index is 12.9. The summed E-state index contributed by atoms with van der Waals surface area (Å²) in [5, 5.41) is 6.81.